The van der Waals surface area contributed by atoms with E-state index in [0.29, 0.717) is 5.69 Å². The van der Waals surface area contributed by atoms with Gasteiger partial charge < -0.3 is 5.32 Å². The van der Waals surface area contributed by atoms with Gasteiger partial charge in [-0.15, -0.1) is 0 Å². The fourth-order valence-electron chi connectivity index (χ4n) is 1.80. The van der Waals surface area contributed by atoms with Crippen molar-refractivity contribution in [2.75, 3.05) is 11.9 Å². The van der Waals surface area contributed by atoms with Gasteiger partial charge >= 0.3 is 6.18 Å². The Bertz CT molecular complexity index is 347. The molecule has 0 unspecified atom stereocenters. The zero-order valence-electron chi connectivity index (χ0n) is 11.3. The van der Waals surface area contributed by atoms with Crippen molar-refractivity contribution >= 4 is 5.69 Å². The monoisotopic (exact) mass is 274 g/mol. The first-order chi connectivity index (χ1) is 9.04. The highest BCUT2D eigenvalue weighted by molar-refractivity contribution is 5.41. The molecule has 0 atom stereocenters. The van der Waals surface area contributed by atoms with Crippen LogP contribution in [0.4, 0.5) is 18.9 Å². The van der Waals surface area contributed by atoms with Crippen molar-refractivity contribution in [3.8, 4) is 0 Å². The Morgan fingerprint density at radius 3 is 2.32 bits per heavy atom. The Morgan fingerprint density at radius 2 is 1.74 bits per heavy atom. The zero-order chi connectivity index (χ0) is 14.1. The summed E-state index contributed by atoms with van der Waals surface area (Å²) in [6.45, 7) is 2.96. The number of pyridine rings is 1. The minimum Gasteiger partial charge on any atom is -0.384 e. The van der Waals surface area contributed by atoms with E-state index in [0.717, 1.165) is 25.5 Å². The zero-order valence-corrected chi connectivity index (χ0v) is 11.3. The molecule has 0 aliphatic carbocycles. The molecule has 19 heavy (non-hydrogen) atoms. The number of unbranched alkanes of at least 4 members (excludes halogenated alkanes) is 5. The fraction of sp³-hybridized carbons (Fsp3) is 0.643. The van der Waals surface area contributed by atoms with E-state index in [1.54, 1.807) is 0 Å². The van der Waals surface area contributed by atoms with E-state index in [-0.39, 0.29) is 0 Å². The molecular formula is C14H21F3N2. The Balaban J connectivity index is 2.20. The summed E-state index contributed by atoms with van der Waals surface area (Å²) in [6.07, 6.45) is 4.05. The van der Waals surface area contributed by atoms with Crippen LogP contribution in [-0.2, 0) is 6.18 Å². The van der Waals surface area contributed by atoms with Crippen LogP contribution in [0, 0.1) is 0 Å². The predicted octanol–water partition coefficient (Wildman–Crippen LogP) is 4.87. The Morgan fingerprint density at radius 1 is 1.05 bits per heavy atom. The second-order valence-electron chi connectivity index (χ2n) is 4.62. The molecule has 2 nitrogen and oxygen atoms in total. The lowest BCUT2D eigenvalue weighted by atomic mass is 10.1. The quantitative estimate of drug-likeness (QED) is 0.684. The van der Waals surface area contributed by atoms with Crippen LogP contribution in [0.2, 0.25) is 0 Å². The number of aromatic nitrogens is 1. The number of hydrogen-bond acceptors (Lipinski definition) is 2. The lowest BCUT2D eigenvalue weighted by Crippen LogP contribution is -2.08. The highest BCUT2D eigenvalue weighted by Crippen LogP contribution is 2.27. The molecule has 1 aromatic heterocycles. The minimum atomic E-state index is -4.36. The third kappa shape index (κ3) is 6.45. The maximum absolute atomic E-state index is 12.3. The molecule has 0 aromatic carbocycles. The van der Waals surface area contributed by atoms with E-state index in [4.69, 9.17) is 0 Å². The largest absolute Gasteiger partial charge is 0.433 e. The van der Waals surface area contributed by atoms with Gasteiger partial charge in [0.2, 0.25) is 0 Å². The maximum Gasteiger partial charge on any atom is 0.433 e. The Kier molecular flexibility index (Phi) is 6.67. The fourth-order valence-corrected chi connectivity index (χ4v) is 1.80. The summed E-state index contributed by atoms with van der Waals surface area (Å²) >= 11 is 0. The third-order valence-corrected chi connectivity index (χ3v) is 2.91. The van der Waals surface area contributed by atoms with Gasteiger partial charge in [-0.05, 0) is 18.6 Å². The van der Waals surface area contributed by atoms with Gasteiger partial charge in [-0.25, -0.2) is 4.98 Å². The van der Waals surface area contributed by atoms with Gasteiger partial charge in [0.15, 0.2) is 0 Å². The van der Waals surface area contributed by atoms with E-state index in [9.17, 15) is 13.2 Å². The standard InChI is InChI=1S/C14H21F3N2/c1-2-3-4-5-6-7-10-18-12-8-9-13(19-11-12)14(15,16)17/h8-9,11,18H,2-7,10H2,1H3. The van der Waals surface area contributed by atoms with E-state index in [1.165, 1.54) is 37.9 Å². The first-order valence-corrected chi connectivity index (χ1v) is 6.81. The summed E-state index contributed by atoms with van der Waals surface area (Å²) in [4.78, 5) is 3.40. The third-order valence-electron chi connectivity index (χ3n) is 2.91. The van der Waals surface area contributed by atoms with Gasteiger partial charge in [0, 0.05) is 6.54 Å². The number of halogens is 3. The van der Waals surface area contributed by atoms with E-state index < -0.39 is 11.9 Å². The van der Waals surface area contributed by atoms with Crippen LogP contribution in [0.3, 0.4) is 0 Å². The molecule has 0 saturated heterocycles. The number of alkyl halides is 3. The first kappa shape index (κ1) is 15.8. The molecule has 1 aromatic rings. The molecule has 5 heteroatoms. The van der Waals surface area contributed by atoms with Crippen molar-refractivity contribution in [2.45, 2.75) is 51.6 Å². The van der Waals surface area contributed by atoms with Crippen molar-refractivity contribution in [3.63, 3.8) is 0 Å². The van der Waals surface area contributed by atoms with Crippen molar-refractivity contribution in [2.24, 2.45) is 0 Å². The van der Waals surface area contributed by atoms with Crippen LogP contribution in [-0.4, -0.2) is 11.5 Å². The molecule has 1 rings (SSSR count). The number of anilines is 1. The number of nitrogens with one attached hydrogen (secondary N) is 1. The van der Waals surface area contributed by atoms with Gasteiger partial charge in [0.25, 0.3) is 0 Å². The number of hydrogen-bond donors (Lipinski definition) is 1. The topological polar surface area (TPSA) is 24.9 Å². The van der Waals surface area contributed by atoms with Crippen LogP contribution >= 0.6 is 0 Å². The van der Waals surface area contributed by atoms with E-state index in [1.807, 2.05) is 0 Å². The normalized spacial score (nSPS) is 11.6. The summed E-state index contributed by atoms with van der Waals surface area (Å²) in [7, 11) is 0. The summed E-state index contributed by atoms with van der Waals surface area (Å²) < 4.78 is 36.9. The van der Waals surface area contributed by atoms with Crippen molar-refractivity contribution < 1.29 is 13.2 Å². The van der Waals surface area contributed by atoms with Gasteiger partial charge in [-0.1, -0.05) is 39.0 Å². The minimum absolute atomic E-state index is 0.640. The Labute approximate surface area is 112 Å². The molecule has 1 N–H and O–H groups in total. The SMILES string of the molecule is CCCCCCCCNc1ccc(C(F)(F)F)nc1. The number of nitrogens with zero attached hydrogens (tertiary/aromatic N) is 1. The maximum atomic E-state index is 12.3. The molecule has 0 bridgehead atoms. The molecular weight excluding hydrogens is 253 g/mol. The average Bonchev–Trinajstić information content (AvgIpc) is 2.37. The Hall–Kier alpha value is -1.26. The van der Waals surface area contributed by atoms with E-state index >= 15 is 0 Å². The summed E-state index contributed by atoms with van der Waals surface area (Å²) in [5.41, 5.74) is -0.209. The number of rotatable bonds is 8. The lowest BCUT2D eigenvalue weighted by molar-refractivity contribution is -0.141. The first-order valence-electron chi connectivity index (χ1n) is 6.81. The second kappa shape index (κ2) is 8.02. The predicted molar refractivity (Wildman–Crippen MR) is 71.1 cm³/mol. The molecule has 0 amide bonds. The van der Waals surface area contributed by atoms with Crippen LogP contribution in [0.15, 0.2) is 18.3 Å². The average molecular weight is 274 g/mol. The molecule has 0 aliphatic heterocycles. The van der Waals surface area contributed by atoms with E-state index in [2.05, 4.69) is 17.2 Å². The molecule has 0 saturated carbocycles. The van der Waals surface area contributed by atoms with Crippen LogP contribution in [0.5, 0.6) is 0 Å². The molecule has 0 spiro atoms. The summed E-state index contributed by atoms with van der Waals surface area (Å²) in [6, 6.07) is 2.43. The van der Waals surface area contributed by atoms with Gasteiger partial charge in [0.05, 0.1) is 11.9 Å². The molecule has 0 fully saturated rings. The molecule has 108 valence electrons. The van der Waals surface area contributed by atoms with Crippen LogP contribution in [0.1, 0.15) is 51.1 Å². The van der Waals surface area contributed by atoms with Crippen molar-refractivity contribution in [1.29, 1.82) is 0 Å². The summed E-state index contributed by atoms with van der Waals surface area (Å²) in [5.74, 6) is 0. The lowest BCUT2D eigenvalue weighted by Gasteiger charge is -2.08. The second-order valence-corrected chi connectivity index (χ2v) is 4.62. The van der Waals surface area contributed by atoms with Crippen molar-refractivity contribution in [3.05, 3.63) is 24.0 Å². The highest BCUT2D eigenvalue weighted by Gasteiger charge is 2.31. The van der Waals surface area contributed by atoms with Gasteiger partial charge in [-0.3, -0.25) is 0 Å². The smallest absolute Gasteiger partial charge is 0.384 e. The summed E-state index contributed by atoms with van der Waals surface area (Å²) in [5, 5.41) is 3.08. The van der Waals surface area contributed by atoms with Crippen LogP contribution in [0.25, 0.3) is 0 Å². The molecule has 0 radical (unpaired) electrons. The van der Waals surface area contributed by atoms with Crippen molar-refractivity contribution in [1.82, 2.24) is 4.98 Å². The molecule has 0 aliphatic rings. The highest BCUT2D eigenvalue weighted by atomic mass is 19.4. The van der Waals surface area contributed by atoms with Gasteiger partial charge in [-0.2, -0.15) is 13.2 Å². The molecule has 1 heterocycles. The van der Waals surface area contributed by atoms with Crippen LogP contribution < -0.4 is 5.32 Å². The van der Waals surface area contributed by atoms with Gasteiger partial charge in [0.1, 0.15) is 5.69 Å².